The van der Waals surface area contributed by atoms with Crippen molar-refractivity contribution in [2.75, 3.05) is 14.1 Å². The average Bonchev–Trinajstić information content (AvgIpc) is 2.93. The van der Waals surface area contributed by atoms with Gasteiger partial charge in [-0.3, -0.25) is 4.79 Å². The third-order valence-corrected chi connectivity index (χ3v) is 3.40. The second kappa shape index (κ2) is 5.06. The number of amides is 1. The molecule has 2 heterocycles. The van der Waals surface area contributed by atoms with E-state index in [9.17, 15) is 4.79 Å². The van der Waals surface area contributed by atoms with Crippen LogP contribution in [0, 0.1) is 6.92 Å². The Labute approximate surface area is 115 Å². The Morgan fingerprint density at radius 3 is 2.79 bits per heavy atom. The SMILES string of the molecule is Cc1nc([C@H](C)N)n(-c2ncc(C(=O)N(C)C)s2)n1. The molecule has 0 aliphatic rings. The summed E-state index contributed by atoms with van der Waals surface area (Å²) in [5, 5.41) is 4.86. The minimum Gasteiger partial charge on any atom is -0.344 e. The van der Waals surface area contributed by atoms with Crippen LogP contribution in [-0.2, 0) is 0 Å². The second-order valence-electron chi connectivity index (χ2n) is 4.42. The zero-order valence-electron chi connectivity index (χ0n) is 11.3. The van der Waals surface area contributed by atoms with Crippen molar-refractivity contribution in [3.8, 4) is 5.13 Å². The van der Waals surface area contributed by atoms with Crippen LogP contribution < -0.4 is 5.73 Å². The standard InChI is InChI=1S/C11H16N6OS/c1-6(12)9-14-7(2)15-17(9)11-13-5-8(19-11)10(18)16(3)4/h5-6H,12H2,1-4H3/t6-/m0/s1. The van der Waals surface area contributed by atoms with Gasteiger partial charge in [0, 0.05) is 14.1 Å². The molecule has 0 fully saturated rings. The van der Waals surface area contributed by atoms with Crippen LogP contribution in [0.4, 0.5) is 0 Å². The van der Waals surface area contributed by atoms with E-state index in [1.165, 1.54) is 16.2 Å². The van der Waals surface area contributed by atoms with Crippen LogP contribution in [-0.4, -0.2) is 44.7 Å². The summed E-state index contributed by atoms with van der Waals surface area (Å²) in [6, 6.07) is -0.252. The van der Waals surface area contributed by atoms with Crippen molar-refractivity contribution in [3.05, 3.63) is 22.7 Å². The molecule has 0 radical (unpaired) electrons. The maximum atomic E-state index is 11.8. The van der Waals surface area contributed by atoms with Gasteiger partial charge in [-0.1, -0.05) is 11.3 Å². The summed E-state index contributed by atoms with van der Waals surface area (Å²) in [4.78, 5) is 22.4. The highest BCUT2D eigenvalue weighted by Gasteiger charge is 2.18. The number of nitrogens with two attached hydrogens (primary N) is 1. The molecule has 0 aliphatic carbocycles. The predicted octanol–water partition coefficient (Wildman–Crippen LogP) is 0.754. The molecular weight excluding hydrogens is 264 g/mol. The highest BCUT2D eigenvalue weighted by atomic mass is 32.1. The van der Waals surface area contributed by atoms with E-state index in [1.54, 1.807) is 31.9 Å². The van der Waals surface area contributed by atoms with Gasteiger partial charge in [-0.15, -0.1) is 5.10 Å². The van der Waals surface area contributed by atoms with Crippen molar-refractivity contribution in [1.29, 1.82) is 0 Å². The third kappa shape index (κ3) is 2.64. The van der Waals surface area contributed by atoms with Crippen LogP contribution in [0.15, 0.2) is 6.20 Å². The lowest BCUT2D eigenvalue weighted by molar-refractivity contribution is 0.0832. The predicted molar refractivity (Wildman–Crippen MR) is 72.4 cm³/mol. The Bertz CT molecular complexity index is 600. The van der Waals surface area contributed by atoms with E-state index in [0.717, 1.165) is 0 Å². The molecule has 19 heavy (non-hydrogen) atoms. The van der Waals surface area contributed by atoms with E-state index >= 15 is 0 Å². The lowest BCUT2D eigenvalue weighted by Gasteiger charge is -2.07. The Morgan fingerprint density at radius 2 is 2.21 bits per heavy atom. The lowest BCUT2D eigenvalue weighted by atomic mass is 10.3. The topological polar surface area (TPSA) is 89.9 Å². The van der Waals surface area contributed by atoms with Crippen LogP contribution in [0.25, 0.3) is 5.13 Å². The van der Waals surface area contributed by atoms with Crippen molar-refractivity contribution in [2.24, 2.45) is 5.73 Å². The summed E-state index contributed by atoms with van der Waals surface area (Å²) >= 11 is 1.27. The van der Waals surface area contributed by atoms with E-state index in [2.05, 4.69) is 15.1 Å². The average molecular weight is 280 g/mol. The van der Waals surface area contributed by atoms with Crippen LogP contribution in [0.1, 0.15) is 34.3 Å². The molecule has 7 nitrogen and oxygen atoms in total. The first-order valence-electron chi connectivity index (χ1n) is 5.77. The van der Waals surface area contributed by atoms with Crippen molar-refractivity contribution >= 4 is 17.2 Å². The first-order valence-corrected chi connectivity index (χ1v) is 6.58. The smallest absolute Gasteiger partial charge is 0.265 e. The van der Waals surface area contributed by atoms with Gasteiger partial charge in [0.2, 0.25) is 5.13 Å². The van der Waals surface area contributed by atoms with Gasteiger partial charge in [0.25, 0.3) is 5.91 Å². The zero-order chi connectivity index (χ0) is 14.2. The molecule has 102 valence electrons. The first kappa shape index (κ1) is 13.6. The molecule has 2 aromatic rings. The van der Waals surface area contributed by atoms with Gasteiger partial charge in [-0.25, -0.2) is 9.97 Å². The summed E-state index contributed by atoms with van der Waals surface area (Å²) in [6.45, 7) is 3.63. The number of carbonyl (C=O) groups is 1. The van der Waals surface area contributed by atoms with Crippen molar-refractivity contribution < 1.29 is 4.79 Å². The highest BCUT2D eigenvalue weighted by molar-refractivity contribution is 7.16. The Hall–Kier alpha value is -1.80. The second-order valence-corrected chi connectivity index (χ2v) is 5.43. The fraction of sp³-hybridized carbons (Fsp3) is 0.455. The molecule has 0 aliphatic heterocycles. The van der Waals surface area contributed by atoms with Gasteiger partial charge >= 0.3 is 0 Å². The Kier molecular flexibility index (Phi) is 3.63. The molecule has 0 unspecified atom stereocenters. The Morgan fingerprint density at radius 1 is 1.53 bits per heavy atom. The van der Waals surface area contributed by atoms with Gasteiger partial charge in [-0.2, -0.15) is 4.68 Å². The summed E-state index contributed by atoms with van der Waals surface area (Å²) in [5.74, 6) is 1.18. The maximum Gasteiger partial charge on any atom is 0.265 e. The van der Waals surface area contributed by atoms with Crippen molar-refractivity contribution in [3.63, 3.8) is 0 Å². The molecule has 2 N–H and O–H groups in total. The molecule has 8 heteroatoms. The van der Waals surface area contributed by atoms with Crippen molar-refractivity contribution in [1.82, 2.24) is 24.6 Å². The summed E-state index contributed by atoms with van der Waals surface area (Å²) in [7, 11) is 3.41. The molecule has 0 saturated heterocycles. The van der Waals surface area contributed by atoms with Gasteiger partial charge in [-0.05, 0) is 13.8 Å². The normalized spacial score (nSPS) is 12.5. The Balaban J connectivity index is 2.41. The molecular formula is C11H16N6OS. The zero-order valence-corrected chi connectivity index (χ0v) is 12.1. The van der Waals surface area contributed by atoms with E-state index in [1.807, 2.05) is 6.92 Å². The largest absolute Gasteiger partial charge is 0.344 e. The number of nitrogens with zero attached hydrogens (tertiary/aromatic N) is 5. The fourth-order valence-corrected chi connectivity index (χ4v) is 2.45. The number of aryl methyl sites for hydroxylation is 1. The molecule has 1 amide bonds. The van der Waals surface area contributed by atoms with Gasteiger partial charge < -0.3 is 10.6 Å². The first-order chi connectivity index (χ1) is 8.90. The van der Waals surface area contributed by atoms with E-state index < -0.39 is 0 Å². The van der Waals surface area contributed by atoms with E-state index in [4.69, 9.17) is 5.73 Å². The summed E-state index contributed by atoms with van der Waals surface area (Å²) in [5.41, 5.74) is 5.86. The summed E-state index contributed by atoms with van der Waals surface area (Å²) < 4.78 is 1.59. The number of thiazole rings is 1. The molecule has 0 bridgehead atoms. The molecule has 0 aromatic carbocycles. The molecule has 0 saturated carbocycles. The van der Waals surface area contributed by atoms with E-state index in [0.29, 0.717) is 21.7 Å². The highest BCUT2D eigenvalue weighted by Crippen LogP contribution is 2.21. The minimum absolute atomic E-state index is 0.0806. The van der Waals surface area contributed by atoms with Gasteiger partial charge in [0.05, 0.1) is 12.2 Å². The number of hydrogen-bond donors (Lipinski definition) is 1. The van der Waals surface area contributed by atoms with E-state index in [-0.39, 0.29) is 11.9 Å². The monoisotopic (exact) mass is 280 g/mol. The number of carbonyl (C=O) groups excluding carboxylic acids is 1. The molecule has 2 rings (SSSR count). The van der Waals surface area contributed by atoms with Crippen LogP contribution in [0.3, 0.4) is 0 Å². The quantitative estimate of drug-likeness (QED) is 0.896. The number of rotatable bonds is 3. The summed E-state index contributed by atoms with van der Waals surface area (Å²) in [6.07, 6.45) is 1.55. The minimum atomic E-state index is -0.252. The lowest BCUT2D eigenvalue weighted by Crippen LogP contribution is -2.20. The molecule has 1 atom stereocenters. The maximum absolute atomic E-state index is 11.8. The molecule has 0 spiro atoms. The van der Waals surface area contributed by atoms with Gasteiger partial charge in [0.1, 0.15) is 10.7 Å². The van der Waals surface area contributed by atoms with Crippen LogP contribution in [0.2, 0.25) is 0 Å². The van der Waals surface area contributed by atoms with Crippen molar-refractivity contribution in [2.45, 2.75) is 19.9 Å². The number of hydrogen-bond acceptors (Lipinski definition) is 6. The number of aromatic nitrogens is 4. The van der Waals surface area contributed by atoms with Crippen LogP contribution >= 0.6 is 11.3 Å². The molecule has 2 aromatic heterocycles. The van der Waals surface area contributed by atoms with Gasteiger partial charge in [0.15, 0.2) is 5.82 Å². The fourth-order valence-electron chi connectivity index (χ4n) is 1.55. The van der Waals surface area contributed by atoms with Crippen LogP contribution in [0.5, 0.6) is 0 Å². The third-order valence-electron chi connectivity index (χ3n) is 2.44.